The molecule has 10 heteroatoms. The van der Waals surface area contributed by atoms with E-state index in [9.17, 15) is 19.2 Å². The number of β-lactam (4-membered cyclic amide) rings is 1. The molecule has 0 saturated carbocycles. The molecule has 1 unspecified atom stereocenters. The number of carbonyl (C=O) groups is 4. The zero-order valence-corrected chi connectivity index (χ0v) is 20.1. The molecule has 0 radical (unpaired) electrons. The van der Waals surface area contributed by atoms with Gasteiger partial charge in [0.1, 0.15) is 23.6 Å². The van der Waals surface area contributed by atoms with E-state index in [1.54, 1.807) is 50.4 Å². The fourth-order valence-corrected chi connectivity index (χ4v) is 4.70. The lowest BCUT2D eigenvalue weighted by atomic mass is 9.99. The summed E-state index contributed by atoms with van der Waals surface area (Å²) in [7, 11) is 1.45. The van der Waals surface area contributed by atoms with Gasteiger partial charge in [0.2, 0.25) is 5.91 Å². The van der Waals surface area contributed by atoms with Crippen LogP contribution in [0.3, 0.4) is 0 Å². The average molecular weight is 477 g/mol. The van der Waals surface area contributed by atoms with E-state index >= 15 is 0 Å². The number of thioether (sulfide) groups is 1. The number of nitrogens with zero attached hydrogens (tertiary/aromatic N) is 1. The van der Waals surface area contributed by atoms with Gasteiger partial charge in [-0.25, -0.2) is 4.79 Å². The Morgan fingerprint density at radius 1 is 1.15 bits per heavy atom. The smallest absolute Gasteiger partial charge is 0.338 e. The van der Waals surface area contributed by atoms with Crippen molar-refractivity contribution in [3.63, 3.8) is 0 Å². The quantitative estimate of drug-likeness (QED) is 0.470. The van der Waals surface area contributed by atoms with Crippen LogP contribution in [0.2, 0.25) is 0 Å². The zero-order valence-electron chi connectivity index (χ0n) is 19.2. The monoisotopic (exact) mass is 476 g/mol. The lowest BCUT2D eigenvalue weighted by Crippen LogP contribution is -2.70. The van der Waals surface area contributed by atoms with Gasteiger partial charge in [-0.1, -0.05) is 12.1 Å². The van der Waals surface area contributed by atoms with Gasteiger partial charge in [0.25, 0.3) is 5.91 Å². The van der Waals surface area contributed by atoms with E-state index < -0.39 is 35.6 Å². The molecule has 0 aliphatic carbocycles. The highest BCUT2D eigenvalue weighted by Gasteiger charge is 2.55. The van der Waals surface area contributed by atoms with Crippen molar-refractivity contribution in [3.05, 3.63) is 46.4 Å². The van der Waals surface area contributed by atoms with Gasteiger partial charge in [-0.15, -0.1) is 11.8 Å². The number of esters is 2. The van der Waals surface area contributed by atoms with Crippen LogP contribution >= 0.6 is 11.8 Å². The Bertz CT molecular complexity index is 968. The molecule has 2 aliphatic heterocycles. The number of nitrogens with one attached hydrogen (secondary N) is 1. The van der Waals surface area contributed by atoms with Crippen LogP contribution in [0.15, 0.2) is 35.2 Å². The summed E-state index contributed by atoms with van der Waals surface area (Å²) in [6, 6.07) is 5.83. The van der Waals surface area contributed by atoms with E-state index in [4.69, 9.17) is 14.2 Å². The summed E-state index contributed by atoms with van der Waals surface area (Å²) in [5, 5.41) is 4.27. The highest BCUT2D eigenvalue weighted by Crippen LogP contribution is 2.41. The third-order valence-corrected chi connectivity index (χ3v) is 6.21. The van der Waals surface area contributed by atoms with Gasteiger partial charge < -0.3 is 24.4 Å². The molecule has 2 aliphatic rings. The lowest BCUT2D eigenvalue weighted by Gasteiger charge is -2.51. The number of hydrogen-bond donors (Lipinski definition) is 1. The van der Waals surface area contributed by atoms with Gasteiger partial charge in [0.05, 0.1) is 5.56 Å². The van der Waals surface area contributed by atoms with Crippen molar-refractivity contribution in [2.45, 2.75) is 57.4 Å². The van der Waals surface area contributed by atoms with Crippen LogP contribution in [0.5, 0.6) is 0 Å². The van der Waals surface area contributed by atoms with E-state index in [0.717, 1.165) is 5.56 Å². The van der Waals surface area contributed by atoms with Crippen LogP contribution in [0.4, 0.5) is 0 Å². The molecule has 1 aromatic carbocycles. The molecule has 1 fully saturated rings. The summed E-state index contributed by atoms with van der Waals surface area (Å²) in [6.45, 7) is 6.78. The second kappa shape index (κ2) is 9.96. The molecule has 9 nitrogen and oxygen atoms in total. The fourth-order valence-electron chi connectivity index (χ4n) is 3.46. The minimum absolute atomic E-state index is 0.0842. The fraction of sp³-hybridized carbons (Fsp3) is 0.478. The standard InChI is InChI=1S/C23H28N2O7S/c1-13(26)31-11-16-12-33-21-18(30-5)20(28)25(21)17(16)19(27)24-10-14-6-8-15(9-7-14)22(29)32-23(2,3)4/h6-9,12,17-18,21H,10-11H2,1-5H3,(H,24,27)/t17?,18-,21-/m0/s1. The molecule has 2 heterocycles. The first kappa shape index (κ1) is 24.8. The molecule has 1 aromatic rings. The van der Waals surface area contributed by atoms with E-state index in [2.05, 4.69) is 5.32 Å². The highest BCUT2D eigenvalue weighted by molar-refractivity contribution is 8.02. The van der Waals surface area contributed by atoms with E-state index in [-0.39, 0.29) is 24.4 Å². The average Bonchev–Trinajstić information content (AvgIpc) is 2.74. The molecular weight excluding hydrogens is 448 g/mol. The molecule has 1 N–H and O–H groups in total. The van der Waals surface area contributed by atoms with Crippen molar-refractivity contribution < 1.29 is 33.4 Å². The van der Waals surface area contributed by atoms with E-state index in [1.807, 2.05) is 0 Å². The summed E-state index contributed by atoms with van der Waals surface area (Å²) < 4.78 is 15.6. The first-order valence-electron chi connectivity index (χ1n) is 10.4. The minimum Gasteiger partial charge on any atom is -0.461 e. The number of amides is 2. The maximum atomic E-state index is 13.1. The molecule has 2 amide bonds. The van der Waals surface area contributed by atoms with Gasteiger partial charge in [0, 0.05) is 26.2 Å². The Labute approximate surface area is 196 Å². The Balaban J connectivity index is 1.67. The van der Waals surface area contributed by atoms with Crippen molar-refractivity contribution in [2.75, 3.05) is 13.7 Å². The molecule has 0 bridgehead atoms. The van der Waals surface area contributed by atoms with Crippen LogP contribution < -0.4 is 5.32 Å². The van der Waals surface area contributed by atoms with Crippen molar-refractivity contribution in [1.29, 1.82) is 0 Å². The predicted octanol–water partition coefficient (Wildman–Crippen LogP) is 2.00. The first-order chi connectivity index (χ1) is 15.5. The summed E-state index contributed by atoms with van der Waals surface area (Å²) in [5.74, 6) is -1.58. The molecule has 33 heavy (non-hydrogen) atoms. The molecule has 3 rings (SSSR count). The van der Waals surface area contributed by atoms with Crippen LogP contribution in [-0.2, 0) is 35.1 Å². The third kappa shape index (κ3) is 5.75. The van der Waals surface area contributed by atoms with Crippen LogP contribution in [0.25, 0.3) is 0 Å². The topological polar surface area (TPSA) is 111 Å². The predicted molar refractivity (Wildman–Crippen MR) is 121 cm³/mol. The third-order valence-electron chi connectivity index (χ3n) is 5.02. The van der Waals surface area contributed by atoms with Crippen molar-refractivity contribution in [3.8, 4) is 0 Å². The Kier molecular flexibility index (Phi) is 7.48. The van der Waals surface area contributed by atoms with E-state index in [1.165, 1.54) is 30.7 Å². The molecule has 1 saturated heterocycles. The maximum absolute atomic E-state index is 13.1. The number of carbonyl (C=O) groups excluding carboxylic acids is 4. The Morgan fingerprint density at radius 3 is 2.39 bits per heavy atom. The zero-order chi connectivity index (χ0) is 24.3. The molecular formula is C23H28N2O7S. The van der Waals surface area contributed by atoms with E-state index in [0.29, 0.717) is 11.1 Å². The minimum atomic E-state index is -0.893. The van der Waals surface area contributed by atoms with Gasteiger partial charge >= 0.3 is 11.9 Å². The lowest BCUT2D eigenvalue weighted by molar-refractivity contribution is -0.168. The highest BCUT2D eigenvalue weighted by atomic mass is 32.2. The molecule has 3 atom stereocenters. The van der Waals surface area contributed by atoms with Crippen molar-refractivity contribution >= 4 is 35.5 Å². The van der Waals surface area contributed by atoms with Crippen LogP contribution in [0.1, 0.15) is 43.6 Å². The number of hydrogen-bond acceptors (Lipinski definition) is 8. The number of ether oxygens (including phenoxy) is 3. The molecule has 0 aromatic heterocycles. The van der Waals surface area contributed by atoms with Gasteiger partial charge in [0.15, 0.2) is 6.10 Å². The largest absolute Gasteiger partial charge is 0.461 e. The second-order valence-corrected chi connectivity index (χ2v) is 9.71. The first-order valence-corrected chi connectivity index (χ1v) is 11.4. The summed E-state index contributed by atoms with van der Waals surface area (Å²) >= 11 is 1.36. The normalized spacial score (nSPS) is 22.0. The Hall–Kier alpha value is -2.85. The number of rotatable bonds is 7. The summed E-state index contributed by atoms with van der Waals surface area (Å²) in [5.41, 5.74) is 1.11. The van der Waals surface area contributed by atoms with Gasteiger partial charge in [-0.05, 0) is 43.9 Å². The second-order valence-electron chi connectivity index (χ2n) is 8.72. The summed E-state index contributed by atoms with van der Waals surface area (Å²) in [4.78, 5) is 50.5. The van der Waals surface area contributed by atoms with Crippen molar-refractivity contribution in [1.82, 2.24) is 10.2 Å². The maximum Gasteiger partial charge on any atom is 0.338 e. The number of benzene rings is 1. The van der Waals surface area contributed by atoms with Gasteiger partial charge in [-0.2, -0.15) is 0 Å². The molecule has 0 spiro atoms. The Morgan fingerprint density at radius 2 is 1.82 bits per heavy atom. The van der Waals surface area contributed by atoms with Crippen LogP contribution in [0, 0.1) is 0 Å². The SMILES string of the molecule is CO[C@H]1C(=O)N2C(C(=O)NCc3ccc(C(=O)OC(C)(C)C)cc3)C(COC(C)=O)=CS[C@@H]12. The number of fused-ring (bicyclic) bond motifs is 1. The van der Waals surface area contributed by atoms with Gasteiger partial charge in [-0.3, -0.25) is 14.4 Å². The van der Waals surface area contributed by atoms with Crippen LogP contribution in [-0.4, -0.2) is 65.5 Å². The summed E-state index contributed by atoms with van der Waals surface area (Å²) in [6.07, 6.45) is -0.614. The van der Waals surface area contributed by atoms with Crippen molar-refractivity contribution in [2.24, 2.45) is 0 Å². The molecule has 178 valence electrons. The number of methoxy groups -OCH3 is 1.